The van der Waals surface area contributed by atoms with Gasteiger partial charge in [-0.25, -0.2) is 4.79 Å². The van der Waals surface area contributed by atoms with Crippen LogP contribution in [0.1, 0.15) is 56.0 Å². The number of benzene rings is 3. The third-order valence-electron chi connectivity index (χ3n) is 5.68. The summed E-state index contributed by atoms with van der Waals surface area (Å²) < 4.78 is 5.25. The minimum Gasteiger partial charge on any atom is -0.459 e. The predicted molar refractivity (Wildman–Crippen MR) is 127 cm³/mol. The van der Waals surface area contributed by atoms with Crippen molar-refractivity contribution in [3.63, 3.8) is 0 Å². The largest absolute Gasteiger partial charge is 0.459 e. The van der Waals surface area contributed by atoms with Gasteiger partial charge in [0.1, 0.15) is 0 Å². The Morgan fingerprint density at radius 1 is 0.788 bits per heavy atom. The van der Waals surface area contributed by atoms with Crippen LogP contribution in [0.25, 0.3) is 11.3 Å². The summed E-state index contributed by atoms with van der Waals surface area (Å²) in [6.45, 7) is 3.61. The van der Waals surface area contributed by atoms with E-state index in [1.54, 1.807) is 50.2 Å². The fourth-order valence-electron chi connectivity index (χ4n) is 4.21. The highest BCUT2D eigenvalue weighted by Crippen LogP contribution is 2.43. The highest BCUT2D eigenvalue weighted by Gasteiger charge is 2.35. The van der Waals surface area contributed by atoms with Gasteiger partial charge in [-0.2, -0.15) is 0 Å². The topological polar surface area (TPSA) is 72.5 Å². The van der Waals surface area contributed by atoms with Crippen LogP contribution in [0.3, 0.4) is 0 Å². The smallest absolute Gasteiger partial charge is 0.338 e. The van der Waals surface area contributed by atoms with E-state index in [2.05, 4.69) is 5.32 Å². The summed E-state index contributed by atoms with van der Waals surface area (Å²) in [7, 11) is 0. The molecule has 3 aromatic carbocycles. The van der Waals surface area contributed by atoms with Crippen LogP contribution in [0.4, 0.5) is 5.69 Å². The monoisotopic (exact) mass is 435 g/mol. The first-order valence-corrected chi connectivity index (χ1v) is 10.8. The van der Waals surface area contributed by atoms with Gasteiger partial charge in [0.05, 0.1) is 22.9 Å². The van der Waals surface area contributed by atoms with Crippen molar-refractivity contribution >= 4 is 34.5 Å². The van der Waals surface area contributed by atoms with Gasteiger partial charge in [0, 0.05) is 22.4 Å². The summed E-state index contributed by atoms with van der Waals surface area (Å²) in [6.07, 6.45) is 1.34. The minimum absolute atomic E-state index is 0.107. The molecule has 5 nitrogen and oxygen atoms in total. The second-order valence-electron chi connectivity index (χ2n) is 8.25. The quantitative estimate of drug-likeness (QED) is 0.532. The van der Waals surface area contributed by atoms with Crippen LogP contribution >= 0.6 is 0 Å². The van der Waals surface area contributed by atoms with Gasteiger partial charge in [0.25, 0.3) is 0 Å². The second kappa shape index (κ2) is 8.02. The first-order chi connectivity index (χ1) is 15.9. The molecule has 2 aliphatic carbocycles. The zero-order valence-electron chi connectivity index (χ0n) is 18.2. The molecule has 0 atom stereocenters. The van der Waals surface area contributed by atoms with Crippen LogP contribution in [0.2, 0.25) is 0 Å². The normalized spacial score (nSPS) is 14.3. The van der Waals surface area contributed by atoms with Gasteiger partial charge in [-0.3, -0.25) is 9.59 Å². The number of rotatable bonds is 5. The molecule has 0 bridgehead atoms. The maximum atomic E-state index is 13.4. The number of Topliss-reactive ketones (excluding diaryl/α,β-unsaturated/α-hetero) is 1. The molecule has 0 fully saturated rings. The summed E-state index contributed by atoms with van der Waals surface area (Å²) in [4.78, 5) is 38.2. The molecule has 0 radical (unpaired) electrons. The lowest BCUT2D eigenvalue weighted by Gasteiger charge is -2.13. The van der Waals surface area contributed by atoms with Gasteiger partial charge in [-0.15, -0.1) is 0 Å². The van der Waals surface area contributed by atoms with Crippen LogP contribution < -0.4 is 5.32 Å². The van der Waals surface area contributed by atoms with E-state index in [1.165, 1.54) is 6.08 Å². The number of carbonyl (C=O) groups is 3. The Bertz CT molecular complexity index is 1380. The highest BCUT2D eigenvalue weighted by molar-refractivity contribution is 6.34. The van der Waals surface area contributed by atoms with E-state index in [-0.39, 0.29) is 23.6 Å². The summed E-state index contributed by atoms with van der Waals surface area (Å²) in [6, 6.07) is 21.6. The van der Waals surface area contributed by atoms with Gasteiger partial charge in [-0.05, 0) is 55.3 Å². The number of allylic oxidation sites excluding steroid dienone is 3. The Kier molecular flexibility index (Phi) is 5.02. The van der Waals surface area contributed by atoms with Gasteiger partial charge >= 0.3 is 5.97 Å². The fourth-order valence-corrected chi connectivity index (χ4v) is 4.21. The van der Waals surface area contributed by atoms with Crippen LogP contribution in [0.5, 0.6) is 0 Å². The maximum absolute atomic E-state index is 13.4. The third kappa shape index (κ3) is 3.57. The molecule has 0 heterocycles. The van der Waals surface area contributed by atoms with Gasteiger partial charge in [-0.1, -0.05) is 48.5 Å². The maximum Gasteiger partial charge on any atom is 0.338 e. The number of carbonyl (C=O) groups excluding carboxylic acids is 3. The first-order valence-electron chi connectivity index (χ1n) is 10.8. The lowest BCUT2D eigenvalue weighted by atomic mass is 9.96. The van der Waals surface area contributed by atoms with Gasteiger partial charge in [0.2, 0.25) is 0 Å². The van der Waals surface area contributed by atoms with E-state index in [0.29, 0.717) is 39.2 Å². The van der Waals surface area contributed by atoms with Crippen molar-refractivity contribution in [1.82, 2.24) is 0 Å². The number of esters is 1. The molecule has 2 aliphatic rings. The first kappa shape index (κ1) is 20.6. The standard InChI is InChI=1S/C28H21NO4/c1-16(2)33-28(32)17-11-13-18(14-12-17)29-26-21-9-5-6-10-22(21)27(31)25(26)23-15-24(30)20-8-4-3-7-19(20)23/h3-16,29H,1-2H3. The van der Waals surface area contributed by atoms with Crippen molar-refractivity contribution in [3.05, 3.63) is 112 Å². The zero-order chi connectivity index (χ0) is 23.1. The number of ether oxygens (including phenoxy) is 1. The van der Waals surface area contributed by atoms with E-state index in [1.807, 2.05) is 36.4 Å². The number of hydrogen-bond acceptors (Lipinski definition) is 5. The van der Waals surface area contributed by atoms with Gasteiger partial charge < -0.3 is 10.1 Å². The highest BCUT2D eigenvalue weighted by atomic mass is 16.5. The molecule has 162 valence electrons. The Morgan fingerprint density at radius 3 is 2.06 bits per heavy atom. The summed E-state index contributed by atoms with van der Waals surface area (Å²) in [5, 5.41) is 3.36. The molecule has 0 saturated heterocycles. The second-order valence-corrected chi connectivity index (χ2v) is 8.25. The number of ketones is 2. The third-order valence-corrected chi connectivity index (χ3v) is 5.68. The molecular formula is C28H21NO4. The Hall–Kier alpha value is -4.25. The average molecular weight is 435 g/mol. The molecule has 0 saturated carbocycles. The number of fused-ring (bicyclic) bond motifs is 2. The van der Waals surface area contributed by atoms with Crippen molar-refractivity contribution in [2.24, 2.45) is 0 Å². The number of anilines is 1. The van der Waals surface area contributed by atoms with Gasteiger partial charge in [0.15, 0.2) is 11.6 Å². The van der Waals surface area contributed by atoms with Crippen molar-refractivity contribution < 1.29 is 19.1 Å². The van der Waals surface area contributed by atoms with E-state index in [4.69, 9.17) is 4.74 Å². The average Bonchev–Trinajstić information content (AvgIpc) is 3.28. The lowest BCUT2D eigenvalue weighted by Crippen LogP contribution is -2.11. The Morgan fingerprint density at radius 2 is 1.39 bits per heavy atom. The van der Waals surface area contributed by atoms with E-state index in [9.17, 15) is 14.4 Å². The zero-order valence-corrected chi connectivity index (χ0v) is 18.2. The van der Waals surface area contributed by atoms with E-state index >= 15 is 0 Å². The predicted octanol–water partition coefficient (Wildman–Crippen LogP) is 5.55. The molecule has 0 amide bonds. The molecular weight excluding hydrogens is 414 g/mol. The molecule has 0 aromatic heterocycles. The van der Waals surface area contributed by atoms with Crippen molar-refractivity contribution in [2.75, 3.05) is 5.32 Å². The van der Waals surface area contributed by atoms with Crippen molar-refractivity contribution in [3.8, 4) is 0 Å². The van der Waals surface area contributed by atoms with Crippen molar-refractivity contribution in [1.29, 1.82) is 0 Å². The molecule has 33 heavy (non-hydrogen) atoms. The van der Waals surface area contributed by atoms with Crippen molar-refractivity contribution in [2.45, 2.75) is 20.0 Å². The molecule has 5 rings (SSSR count). The fraction of sp³-hybridized carbons (Fsp3) is 0.107. The van der Waals surface area contributed by atoms with E-state index < -0.39 is 0 Å². The molecule has 3 aromatic rings. The number of hydrogen-bond donors (Lipinski definition) is 1. The molecule has 0 unspecified atom stereocenters. The summed E-state index contributed by atoms with van der Waals surface area (Å²) >= 11 is 0. The Labute approximate surface area is 191 Å². The molecule has 5 heteroatoms. The van der Waals surface area contributed by atoms with Crippen LogP contribution in [-0.2, 0) is 4.74 Å². The Balaban J connectivity index is 1.57. The molecule has 1 N–H and O–H groups in total. The summed E-state index contributed by atoms with van der Waals surface area (Å²) in [5.41, 5.74) is 5.61. The molecule has 0 aliphatic heterocycles. The lowest BCUT2D eigenvalue weighted by molar-refractivity contribution is 0.0377. The summed E-state index contributed by atoms with van der Waals surface area (Å²) in [5.74, 6) is -0.616. The van der Waals surface area contributed by atoms with E-state index in [0.717, 1.165) is 11.1 Å². The molecule has 0 spiro atoms. The van der Waals surface area contributed by atoms with Crippen LogP contribution in [-0.4, -0.2) is 23.6 Å². The van der Waals surface area contributed by atoms with Crippen LogP contribution in [0.15, 0.2) is 84.4 Å². The van der Waals surface area contributed by atoms with Crippen LogP contribution in [0, 0.1) is 0 Å². The SMILES string of the molecule is CC(C)OC(=O)c1ccc(NC2=C(C3=CC(=O)c4ccccc43)C(=O)c3ccccc32)cc1. The minimum atomic E-state index is -0.385. The number of nitrogens with one attached hydrogen (secondary N) is 1.